The van der Waals surface area contributed by atoms with Gasteiger partial charge >= 0.3 is 0 Å². The average molecular weight is 181 g/mol. The van der Waals surface area contributed by atoms with Gasteiger partial charge in [-0.05, 0) is 32.6 Å². The quantitative estimate of drug-likeness (QED) is 0.675. The van der Waals surface area contributed by atoms with Gasteiger partial charge in [-0.3, -0.25) is 0 Å². The van der Waals surface area contributed by atoms with E-state index in [-0.39, 0.29) is 0 Å². The molecule has 0 radical (unpaired) electrons. The standard InChI is InChI=1S/C11H19NO/c1-9-5-4-6-11(13,7-9)10(2,3)8-12/h9,13H,4-7H2,1-3H3. The van der Waals surface area contributed by atoms with Crippen molar-refractivity contribution in [2.75, 3.05) is 0 Å². The summed E-state index contributed by atoms with van der Waals surface area (Å²) in [6.07, 6.45) is 3.78. The van der Waals surface area contributed by atoms with Crippen molar-refractivity contribution in [2.45, 2.75) is 52.1 Å². The number of rotatable bonds is 1. The van der Waals surface area contributed by atoms with E-state index in [2.05, 4.69) is 13.0 Å². The molecule has 2 atom stereocenters. The Morgan fingerprint density at radius 3 is 2.62 bits per heavy atom. The molecular weight excluding hydrogens is 162 g/mol. The van der Waals surface area contributed by atoms with Gasteiger partial charge in [0.1, 0.15) is 0 Å². The molecule has 74 valence electrons. The molecule has 1 fully saturated rings. The van der Waals surface area contributed by atoms with Crippen molar-refractivity contribution in [3.8, 4) is 6.07 Å². The highest BCUT2D eigenvalue weighted by Gasteiger charge is 2.45. The summed E-state index contributed by atoms with van der Waals surface area (Å²) < 4.78 is 0. The fraction of sp³-hybridized carbons (Fsp3) is 0.909. The minimum atomic E-state index is -0.764. The lowest BCUT2D eigenvalue weighted by Gasteiger charge is -2.43. The maximum Gasteiger partial charge on any atom is 0.0830 e. The lowest BCUT2D eigenvalue weighted by molar-refractivity contribution is -0.0800. The number of hydrogen-bond acceptors (Lipinski definition) is 2. The fourth-order valence-corrected chi connectivity index (χ4v) is 2.20. The number of hydrogen-bond donors (Lipinski definition) is 1. The highest BCUT2D eigenvalue weighted by Crippen LogP contribution is 2.43. The first-order valence-electron chi connectivity index (χ1n) is 5.05. The summed E-state index contributed by atoms with van der Waals surface area (Å²) in [7, 11) is 0. The first-order chi connectivity index (χ1) is 5.91. The van der Waals surface area contributed by atoms with Crippen LogP contribution < -0.4 is 0 Å². The van der Waals surface area contributed by atoms with Crippen LogP contribution in [0.1, 0.15) is 46.5 Å². The van der Waals surface area contributed by atoms with Crippen molar-refractivity contribution < 1.29 is 5.11 Å². The maximum absolute atomic E-state index is 10.3. The Morgan fingerprint density at radius 2 is 2.15 bits per heavy atom. The zero-order valence-electron chi connectivity index (χ0n) is 8.80. The molecule has 13 heavy (non-hydrogen) atoms. The molecule has 0 bridgehead atoms. The molecule has 2 unspecified atom stereocenters. The van der Waals surface area contributed by atoms with Crippen LogP contribution in [0.5, 0.6) is 0 Å². The minimum absolute atomic E-state index is 0.548. The predicted octanol–water partition coefficient (Wildman–Crippen LogP) is 2.48. The van der Waals surface area contributed by atoms with Gasteiger partial charge in [-0.1, -0.05) is 19.8 Å². The van der Waals surface area contributed by atoms with Crippen LogP contribution in [0.2, 0.25) is 0 Å². The van der Waals surface area contributed by atoms with E-state index in [1.165, 1.54) is 6.42 Å². The molecule has 2 heteroatoms. The predicted molar refractivity (Wildman–Crippen MR) is 52.0 cm³/mol. The van der Waals surface area contributed by atoms with Crippen LogP contribution in [-0.2, 0) is 0 Å². The molecule has 0 spiro atoms. The molecule has 1 aliphatic carbocycles. The number of nitrogens with zero attached hydrogens (tertiary/aromatic N) is 1. The van der Waals surface area contributed by atoms with Gasteiger partial charge in [0.05, 0.1) is 17.1 Å². The molecule has 1 N–H and O–H groups in total. The summed E-state index contributed by atoms with van der Waals surface area (Å²) in [5.41, 5.74) is -1.37. The van der Waals surface area contributed by atoms with Crippen molar-refractivity contribution in [1.29, 1.82) is 5.26 Å². The van der Waals surface area contributed by atoms with Crippen LogP contribution in [0.15, 0.2) is 0 Å². The molecule has 2 nitrogen and oxygen atoms in total. The van der Waals surface area contributed by atoms with E-state index < -0.39 is 11.0 Å². The summed E-state index contributed by atoms with van der Waals surface area (Å²) in [6.45, 7) is 5.83. The van der Waals surface area contributed by atoms with E-state index in [1.807, 2.05) is 13.8 Å². The monoisotopic (exact) mass is 181 g/mol. The summed E-state index contributed by atoms with van der Waals surface area (Å²) >= 11 is 0. The third-order valence-corrected chi connectivity index (χ3v) is 3.42. The molecule has 0 aliphatic heterocycles. The number of aliphatic hydroxyl groups is 1. The van der Waals surface area contributed by atoms with Crippen molar-refractivity contribution in [2.24, 2.45) is 11.3 Å². The molecule has 1 aliphatic rings. The van der Waals surface area contributed by atoms with E-state index in [1.54, 1.807) is 0 Å². The van der Waals surface area contributed by atoms with Gasteiger partial charge < -0.3 is 5.11 Å². The van der Waals surface area contributed by atoms with E-state index in [0.717, 1.165) is 19.3 Å². The molecule has 0 heterocycles. The van der Waals surface area contributed by atoms with Crippen LogP contribution in [0.3, 0.4) is 0 Å². The van der Waals surface area contributed by atoms with Crippen LogP contribution in [0, 0.1) is 22.7 Å². The molecule has 0 aromatic rings. The van der Waals surface area contributed by atoms with E-state index in [0.29, 0.717) is 5.92 Å². The Hall–Kier alpha value is -0.550. The van der Waals surface area contributed by atoms with Crippen molar-refractivity contribution in [3.05, 3.63) is 0 Å². The molecule has 0 amide bonds. The first kappa shape index (κ1) is 10.5. The zero-order chi connectivity index (χ0) is 10.1. The van der Waals surface area contributed by atoms with Gasteiger partial charge in [-0.15, -0.1) is 0 Å². The van der Waals surface area contributed by atoms with Gasteiger partial charge in [0, 0.05) is 0 Å². The summed E-state index contributed by atoms with van der Waals surface area (Å²) in [5, 5.41) is 19.3. The van der Waals surface area contributed by atoms with Crippen molar-refractivity contribution in [3.63, 3.8) is 0 Å². The summed E-state index contributed by atoms with van der Waals surface area (Å²) in [5.74, 6) is 0.548. The van der Waals surface area contributed by atoms with Crippen LogP contribution in [0.25, 0.3) is 0 Å². The fourth-order valence-electron chi connectivity index (χ4n) is 2.20. The maximum atomic E-state index is 10.3. The second-order valence-corrected chi connectivity index (χ2v) is 4.97. The van der Waals surface area contributed by atoms with Crippen LogP contribution >= 0.6 is 0 Å². The van der Waals surface area contributed by atoms with Crippen LogP contribution in [0.4, 0.5) is 0 Å². The van der Waals surface area contributed by atoms with Gasteiger partial charge in [0.2, 0.25) is 0 Å². The van der Waals surface area contributed by atoms with Gasteiger partial charge in [0.15, 0.2) is 0 Å². The SMILES string of the molecule is CC1CCCC(O)(C(C)(C)C#N)C1. The third kappa shape index (κ3) is 1.86. The lowest BCUT2D eigenvalue weighted by Crippen LogP contribution is -2.47. The largest absolute Gasteiger partial charge is 0.388 e. The normalized spacial score (nSPS) is 35.5. The highest BCUT2D eigenvalue weighted by molar-refractivity contribution is 5.07. The van der Waals surface area contributed by atoms with Crippen molar-refractivity contribution >= 4 is 0 Å². The zero-order valence-corrected chi connectivity index (χ0v) is 8.80. The Kier molecular flexibility index (Phi) is 2.68. The highest BCUT2D eigenvalue weighted by atomic mass is 16.3. The van der Waals surface area contributed by atoms with Gasteiger partial charge in [-0.2, -0.15) is 5.26 Å². The lowest BCUT2D eigenvalue weighted by atomic mass is 9.65. The molecule has 0 aromatic heterocycles. The molecule has 1 rings (SSSR count). The van der Waals surface area contributed by atoms with Crippen LogP contribution in [-0.4, -0.2) is 10.7 Å². The van der Waals surface area contributed by atoms with Gasteiger partial charge in [0.25, 0.3) is 0 Å². The molecule has 1 saturated carbocycles. The second-order valence-electron chi connectivity index (χ2n) is 4.97. The third-order valence-electron chi connectivity index (χ3n) is 3.42. The Bertz CT molecular complexity index is 229. The van der Waals surface area contributed by atoms with Gasteiger partial charge in [-0.25, -0.2) is 0 Å². The smallest absolute Gasteiger partial charge is 0.0830 e. The summed E-state index contributed by atoms with van der Waals surface area (Å²) in [6, 6.07) is 2.22. The summed E-state index contributed by atoms with van der Waals surface area (Å²) in [4.78, 5) is 0. The van der Waals surface area contributed by atoms with E-state index in [9.17, 15) is 5.11 Å². The van der Waals surface area contributed by atoms with E-state index in [4.69, 9.17) is 5.26 Å². The first-order valence-corrected chi connectivity index (χ1v) is 5.05. The number of nitriles is 1. The Balaban J connectivity index is 2.81. The molecule has 0 saturated heterocycles. The second kappa shape index (κ2) is 3.31. The average Bonchev–Trinajstić information content (AvgIpc) is 2.03. The Morgan fingerprint density at radius 1 is 1.54 bits per heavy atom. The molecule has 0 aromatic carbocycles. The Labute approximate surface area is 80.6 Å². The van der Waals surface area contributed by atoms with Crippen molar-refractivity contribution in [1.82, 2.24) is 0 Å². The topological polar surface area (TPSA) is 44.0 Å². The van der Waals surface area contributed by atoms with E-state index >= 15 is 0 Å². The molecular formula is C11H19NO. The minimum Gasteiger partial charge on any atom is -0.388 e.